The van der Waals surface area contributed by atoms with Crippen molar-refractivity contribution in [2.45, 2.75) is 13.3 Å². The molecule has 0 aliphatic rings. The second-order valence-electron chi connectivity index (χ2n) is 5.49. The lowest BCUT2D eigenvalue weighted by Crippen LogP contribution is -2.44. The van der Waals surface area contributed by atoms with E-state index >= 15 is 0 Å². The second-order valence-corrected chi connectivity index (χ2v) is 5.49. The van der Waals surface area contributed by atoms with E-state index in [9.17, 15) is 9.59 Å². The minimum atomic E-state index is -0.540. The van der Waals surface area contributed by atoms with Crippen LogP contribution in [0.2, 0.25) is 0 Å². The number of para-hydroxylation sites is 1. The minimum Gasteiger partial charge on any atom is -0.496 e. The lowest BCUT2D eigenvalue weighted by Gasteiger charge is -2.11. The Morgan fingerprint density at radius 3 is 2.54 bits per heavy atom. The van der Waals surface area contributed by atoms with Crippen LogP contribution < -0.4 is 20.3 Å². The summed E-state index contributed by atoms with van der Waals surface area (Å²) in [5, 5.41) is 8.96. The highest BCUT2D eigenvalue weighted by Crippen LogP contribution is 2.20. The smallest absolute Gasteiger partial charge is 0.276 e. The summed E-state index contributed by atoms with van der Waals surface area (Å²) >= 11 is 0. The molecule has 0 saturated carbocycles. The Balaban J connectivity index is 1.83. The van der Waals surface area contributed by atoms with Gasteiger partial charge in [-0.3, -0.25) is 20.4 Å². The van der Waals surface area contributed by atoms with Crippen LogP contribution in [-0.4, -0.2) is 25.5 Å². The number of hydrogen-bond donors (Lipinski definition) is 2. The summed E-state index contributed by atoms with van der Waals surface area (Å²) < 4.78 is 10.5. The van der Waals surface area contributed by atoms with Gasteiger partial charge >= 0.3 is 0 Å². The van der Waals surface area contributed by atoms with Crippen LogP contribution in [0.3, 0.4) is 0 Å². The molecule has 2 amide bonds. The first-order chi connectivity index (χ1) is 12.5. The number of nitrogens with one attached hydrogen (secondary N) is 2. The molecule has 2 N–H and O–H groups in total. The third-order valence-electron chi connectivity index (χ3n) is 3.49. The number of methoxy groups -OCH3 is 1. The van der Waals surface area contributed by atoms with Crippen LogP contribution in [0.25, 0.3) is 0 Å². The molecule has 0 aromatic heterocycles. The first-order valence-corrected chi connectivity index (χ1v) is 7.86. The van der Waals surface area contributed by atoms with Crippen LogP contribution in [0.5, 0.6) is 11.5 Å². The number of hydrogen-bond acceptors (Lipinski definition) is 5. The molecule has 0 bridgehead atoms. The molecule has 0 saturated heterocycles. The Hall–Kier alpha value is -3.53. The van der Waals surface area contributed by atoms with Crippen molar-refractivity contribution in [1.82, 2.24) is 10.9 Å². The average Bonchev–Trinajstić information content (AvgIpc) is 2.65. The van der Waals surface area contributed by atoms with E-state index in [1.807, 2.05) is 25.1 Å². The summed E-state index contributed by atoms with van der Waals surface area (Å²) in [5.41, 5.74) is 6.66. The fourth-order valence-corrected chi connectivity index (χ4v) is 2.27. The van der Waals surface area contributed by atoms with Crippen LogP contribution in [0, 0.1) is 18.3 Å². The predicted molar refractivity (Wildman–Crippen MR) is 94.4 cm³/mol. The van der Waals surface area contributed by atoms with Crippen LogP contribution in [0.4, 0.5) is 0 Å². The highest BCUT2D eigenvalue weighted by Gasteiger charge is 2.11. The van der Waals surface area contributed by atoms with E-state index in [1.165, 1.54) is 7.11 Å². The monoisotopic (exact) mass is 353 g/mol. The fourth-order valence-electron chi connectivity index (χ4n) is 2.27. The minimum absolute atomic E-state index is 0.0588. The van der Waals surface area contributed by atoms with Gasteiger partial charge in [-0.2, -0.15) is 5.26 Å². The molecule has 0 atom stereocenters. The summed E-state index contributed by atoms with van der Waals surface area (Å²) in [7, 11) is 1.53. The first-order valence-electron chi connectivity index (χ1n) is 7.86. The number of nitrogens with zero attached hydrogens (tertiary/aromatic N) is 1. The largest absolute Gasteiger partial charge is 0.496 e. The van der Waals surface area contributed by atoms with E-state index in [-0.39, 0.29) is 18.9 Å². The number of aryl methyl sites for hydroxylation is 1. The Morgan fingerprint density at radius 1 is 1.08 bits per heavy atom. The molecule has 7 heteroatoms. The van der Waals surface area contributed by atoms with Gasteiger partial charge in [-0.1, -0.05) is 29.8 Å². The molecule has 0 aliphatic heterocycles. The summed E-state index contributed by atoms with van der Waals surface area (Å²) in [6.07, 6.45) is 0.0588. The van der Waals surface area contributed by atoms with Crippen molar-refractivity contribution in [2.24, 2.45) is 0 Å². The Kier molecular flexibility index (Phi) is 6.57. The van der Waals surface area contributed by atoms with Crippen molar-refractivity contribution in [3.8, 4) is 17.6 Å². The summed E-state index contributed by atoms with van der Waals surface area (Å²) in [6.45, 7) is 1.59. The number of hydrazine groups is 1. The van der Waals surface area contributed by atoms with Crippen LogP contribution >= 0.6 is 0 Å². The molecule has 2 rings (SSSR count). The summed E-state index contributed by atoms with van der Waals surface area (Å²) in [5.74, 6) is -0.0172. The van der Waals surface area contributed by atoms with E-state index in [4.69, 9.17) is 14.7 Å². The maximum Gasteiger partial charge on any atom is 0.276 e. The van der Waals surface area contributed by atoms with Crippen molar-refractivity contribution in [1.29, 1.82) is 5.26 Å². The molecule has 0 radical (unpaired) electrons. The summed E-state index contributed by atoms with van der Waals surface area (Å²) in [4.78, 5) is 23.8. The Bertz CT molecular complexity index is 843. The number of rotatable bonds is 6. The van der Waals surface area contributed by atoms with E-state index in [1.54, 1.807) is 30.3 Å². The molecule has 0 heterocycles. The number of carbonyl (C=O) groups excluding carboxylic acids is 2. The van der Waals surface area contributed by atoms with Gasteiger partial charge in [0, 0.05) is 5.56 Å². The number of ether oxygens (including phenoxy) is 2. The highest BCUT2D eigenvalue weighted by molar-refractivity contribution is 5.84. The SMILES string of the molecule is COc1ccc(C)cc1CC(=O)NNC(=O)COc1ccccc1C#N. The highest BCUT2D eigenvalue weighted by atomic mass is 16.5. The van der Waals surface area contributed by atoms with Gasteiger partial charge < -0.3 is 9.47 Å². The van der Waals surface area contributed by atoms with Gasteiger partial charge in [0.2, 0.25) is 5.91 Å². The molecule has 2 aromatic rings. The van der Waals surface area contributed by atoms with Gasteiger partial charge in [0.05, 0.1) is 19.1 Å². The lowest BCUT2D eigenvalue weighted by molar-refractivity contribution is -0.129. The molecule has 0 aliphatic carbocycles. The van der Waals surface area contributed by atoms with Gasteiger partial charge in [0.15, 0.2) is 6.61 Å². The van der Waals surface area contributed by atoms with Gasteiger partial charge in [-0.25, -0.2) is 0 Å². The zero-order chi connectivity index (χ0) is 18.9. The van der Waals surface area contributed by atoms with Gasteiger partial charge in [0.1, 0.15) is 17.6 Å². The molecule has 2 aromatic carbocycles. The molecule has 7 nitrogen and oxygen atoms in total. The molecular weight excluding hydrogens is 334 g/mol. The van der Waals surface area contributed by atoms with Crippen LogP contribution in [-0.2, 0) is 16.0 Å². The maximum atomic E-state index is 12.0. The van der Waals surface area contributed by atoms with Crippen molar-refractivity contribution >= 4 is 11.8 Å². The molecular formula is C19H19N3O4. The molecule has 26 heavy (non-hydrogen) atoms. The topological polar surface area (TPSA) is 100 Å². The number of carbonyl (C=O) groups is 2. The fraction of sp³-hybridized carbons (Fsp3) is 0.211. The van der Waals surface area contributed by atoms with E-state index < -0.39 is 5.91 Å². The normalized spacial score (nSPS) is 9.73. The molecule has 0 fully saturated rings. The third-order valence-corrected chi connectivity index (χ3v) is 3.49. The summed E-state index contributed by atoms with van der Waals surface area (Å²) in [6, 6.07) is 14.1. The Labute approximate surface area is 151 Å². The molecule has 0 unspecified atom stereocenters. The molecule has 0 spiro atoms. The maximum absolute atomic E-state index is 12.0. The van der Waals surface area contributed by atoms with E-state index in [0.29, 0.717) is 17.1 Å². The number of benzene rings is 2. The van der Waals surface area contributed by atoms with Crippen LogP contribution in [0.1, 0.15) is 16.7 Å². The zero-order valence-corrected chi connectivity index (χ0v) is 14.5. The lowest BCUT2D eigenvalue weighted by atomic mass is 10.1. The zero-order valence-electron chi connectivity index (χ0n) is 14.5. The van der Waals surface area contributed by atoms with Gasteiger partial charge in [-0.15, -0.1) is 0 Å². The quantitative estimate of drug-likeness (QED) is 0.769. The van der Waals surface area contributed by atoms with Crippen LogP contribution in [0.15, 0.2) is 42.5 Å². The molecule has 134 valence electrons. The van der Waals surface area contributed by atoms with Gasteiger partial charge in [0.25, 0.3) is 5.91 Å². The van der Waals surface area contributed by atoms with E-state index in [2.05, 4.69) is 10.9 Å². The predicted octanol–water partition coefficient (Wildman–Crippen LogP) is 1.64. The first kappa shape index (κ1) is 18.8. The van der Waals surface area contributed by atoms with Crippen molar-refractivity contribution in [3.63, 3.8) is 0 Å². The third kappa shape index (κ3) is 5.24. The van der Waals surface area contributed by atoms with Crippen molar-refractivity contribution in [2.75, 3.05) is 13.7 Å². The number of nitriles is 1. The van der Waals surface area contributed by atoms with Crippen molar-refractivity contribution < 1.29 is 19.1 Å². The average molecular weight is 353 g/mol. The number of amides is 2. The van der Waals surface area contributed by atoms with Crippen molar-refractivity contribution in [3.05, 3.63) is 59.2 Å². The second kappa shape index (κ2) is 9.08. The standard InChI is InChI=1S/C19H19N3O4/c1-13-7-8-16(25-2)15(9-13)10-18(23)21-22-19(24)12-26-17-6-4-3-5-14(17)11-20/h3-9H,10,12H2,1-2H3,(H,21,23)(H,22,24). The van der Waals surface area contributed by atoms with E-state index in [0.717, 1.165) is 11.1 Å². The Morgan fingerprint density at radius 2 is 1.81 bits per heavy atom. The van der Waals surface area contributed by atoms with Gasteiger partial charge in [-0.05, 0) is 25.1 Å².